The molecule has 0 saturated carbocycles. The van der Waals surface area contributed by atoms with E-state index in [0.717, 1.165) is 19.5 Å². The summed E-state index contributed by atoms with van der Waals surface area (Å²) in [6.45, 7) is 4.03. The van der Waals surface area contributed by atoms with Gasteiger partial charge in [-0.05, 0) is 17.9 Å². The van der Waals surface area contributed by atoms with E-state index in [0.29, 0.717) is 6.42 Å². The fourth-order valence-corrected chi connectivity index (χ4v) is 2.37. The van der Waals surface area contributed by atoms with Crippen LogP contribution in [-0.2, 0) is 0 Å². The molecule has 0 saturated heterocycles. The van der Waals surface area contributed by atoms with Crippen molar-refractivity contribution in [3.8, 4) is 6.07 Å². The second-order valence-electron chi connectivity index (χ2n) is 4.75. The van der Waals surface area contributed by atoms with Crippen molar-refractivity contribution in [3.63, 3.8) is 0 Å². The lowest BCUT2D eigenvalue weighted by Crippen LogP contribution is -2.25. The Morgan fingerprint density at radius 3 is 2.63 bits per heavy atom. The first-order valence-corrected chi connectivity index (χ1v) is 6.96. The molecule has 2 aromatic carbocycles. The van der Waals surface area contributed by atoms with Gasteiger partial charge in [0, 0.05) is 24.2 Å². The molecule has 0 fully saturated rings. The molecular weight excluding hydrogens is 232 g/mol. The molecule has 0 aromatic heterocycles. The van der Waals surface area contributed by atoms with Gasteiger partial charge in [0.2, 0.25) is 0 Å². The maximum atomic E-state index is 8.82. The number of benzene rings is 2. The van der Waals surface area contributed by atoms with Gasteiger partial charge in [-0.1, -0.05) is 49.7 Å². The van der Waals surface area contributed by atoms with Crippen LogP contribution >= 0.6 is 0 Å². The average molecular weight is 252 g/mol. The fraction of sp³-hybridized carbons (Fsp3) is 0.353. The lowest BCUT2D eigenvalue weighted by Gasteiger charge is -2.25. The summed E-state index contributed by atoms with van der Waals surface area (Å²) < 4.78 is 0. The Labute approximate surface area is 115 Å². The van der Waals surface area contributed by atoms with Gasteiger partial charge in [0.05, 0.1) is 12.5 Å². The van der Waals surface area contributed by atoms with Crippen molar-refractivity contribution in [1.29, 1.82) is 5.26 Å². The first-order valence-electron chi connectivity index (χ1n) is 6.96. The fourth-order valence-electron chi connectivity index (χ4n) is 2.37. The van der Waals surface area contributed by atoms with Crippen molar-refractivity contribution >= 4 is 16.5 Å². The Morgan fingerprint density at radius 2 is 1.84 bits per heavy atom. The van der Waals surface area contributed by atoms with Crippen LogP contribution in [0.25, 0.3) is 10.8 Å². The molecule has 98 valence electrons. The molecule has 2 aromatic rings. The van der Waals surface area contributed by atoms with Gasteiger partial charge in [-0.15, -0.1) is 0 Å². The van der Waals surface area contributed by atoms with Crippen LogP contribution in [0.5, 0.6) is 0 Å². The summed E-state index contributed by atoms with van der Waals surface area (Å²) in [4.78, 5) is 2.34. The first-order chi connectivity index (χ1) is 9.36. The van der Waals surface area contributed by atoms with Crippen molar-refractivity contribution in [2.75, 3.05) is 18.0 Å². The molecule has 19 heavy (non-hydrogen) atoms. The quantitative estimate of drug-likeness (QED) is 0.763. The van der Waals surface area contributed by atoms with Gasteiger partial charge in [0.25, 0.3) is 0 Å². The summed E-state index contributed by atoms with van der Waals surface area (Å²) in [5.74, 6) is 0. The molecule has 0 unspecified atom stereocenters. The second-order valence-corrected chi connectivity index (χ2v) is 4.75. The van der Waals surface area contributed by atoms with E-state index < -0.39 is 0 Å². The van der Waals surface area contributed by atoms with E-state index in [1.54, 1.807) is 0 Å². The zero-order valence-corrected chi connectivity index (χ0v) is 11.5. The highest BCUT2D eigenvalue weighted by molar-refractivity contribution is 5.94. The topological polar surface area (TPSA) is 27.0 Å². The van der Waals surface area contributed by atoms with E-state index in [1.165, 1.54) is 22.9 Å². The summed E-state index contributed by atoms with van der Waals surface area (Å²) in [6, 6.07) is 17.1. The minimum atomic E-state index is 0.576. The number of rotatable bonds is 6. The molecule has 0 spiro atoms. The van der Waals surface area contributed by atoms with Crippen LogP contribution in [-0.4, -0.2) is 13.1 Å². The van der Waals surface area contributed by atoms with Crippen molar-refractivity contribution in [2.24, 2.45) is 0 Å². The van der Waals surface area contributed by atoms with Crippen LogP contribution in [0.15, 0.2) is 42.5 Å². The summed E-state index contributed by atoms with van der Waals surface area (Å²) in [5, 5.41) is 11.4. The minimum absolute atomic E-state index is 0.576. The van der Waals surface area contributed by atoms with Crippen LogP contribution in [0.1, 0.15) is 26.2 Å². The Kier molecular flexibility index (Phi) is 4.80. The molecule has 0 amide bonds. The van der Waals surface area contributed by atoms with Crippen molar-refractivity contribution in [2.45, 2.75) is 26.2 Å². The van der Waals surface area contributed by atoms with E-state index in [1.807, 2.05) is 0 Å². The molecule has 0 aliphatic carbocycles. The van der Waals surface area contributed by atoms with Crippen molar-refractivity contribution in [1.82, 2.24) is 0 Å². The molecule has 2 rings (SSSR count). The Bertz CT molecular complexity index is 563. The molecule has 2 nitrogen and oxygen atoms in total. The second kappa shape index (κ2) is 6.80. The molecule has 0 aliphatic rings. The zero-order chi connectivity index (χ0) is 13.5. The molecule has 0 heterocycles. The third-order valence-electron chi connectivity index (χ3n) is 3.38. The lowest BCUT2D eigenvalue weighted by molar-refractivity contribution is 0.720. The van der Waals surface area contributed by atoms with Gasteiger partial charge >= 0.3 is 0 Å². The Balaban J connectivity index is 2.34. The van der Waals surface area contributed by atoms with Gasteiger partial charge in [-0.25, -0.2) is 0 Å². The van der Waals surface area contributed by atoms with Gasteiger partial charge < -0.3 is 4.90 Å². The number of anilines is 1. The van der Waals surface area contributed by atoms with Crippen LogP contribution in [0.2, 0.25) is 0 Å². The minimum Gasteiger partial charge on any atom is -0.370 e. The molecular formula is C17H20N2. The molecule has 0 bridgehead atoms. The zero-order valence-electron chi connectivity index (χ0n) is 11.5. The van der Waals surface area contributed by atoms with E-state index in [9.17, 15) is 0 Å². The molecule has 0 N–H and O–H groups in total. The number of unbranched alkanes of at least 4 members (excludes halogenated alkanes) is 1. The predicted octanol–water partition coefficient (Wildman–Crippen LogP) is 4.36. The average Bonchev–Trinajstić information content (AvgIpc) is 2.47. The highest BCUT2D eigenvalue weighted by atomic mass is 15.1. The summed E-state index contributed by atoms with van der Waals surface area (Å²) >= 11 is 0. The van der Waals surface area contributed by atoms with Crippen LogP contribution in [0.3, 0.4) is 0 Å². The molecule has 0 atom stereocenters. The predicted molar refractivity (Wildman–Crippen MR) is 81.3 cm³/mol. The summed E-state index contributed by atoms with van der Waals surface area (Å²) in [7, 11) is 0. The Hall–Kier alpha value is -2.01. The molecule has 0 radical (unpaired) electrons. The van der Waals surface area contributed by atoms with Crippen LogP contribution in [0.4, 0.5) is 5.69 Å². The van der Waals surface area contributed by atoms with Gasteiger partial charge in [0.15, 0.2) is 0 Å². The smallest absolute Gasteiger partial charge is 0.0640 e. The van der Waals surface area contributed by atoms with Gasteiger partial charge in [-0.3, -0.25) is 0 Å². The maximum absolute atomic E-state index is 8.82. The van der Waals surface area contributed by atoms with Crippen LogP contribution in [0, 0.1) is 11.3 Å². The SMILES string of the molecule is CCCCN(CCC#N)c1cccc2ccccc12. The summed E-state index contributed by atoms with van der Waals surface area (Å²) in [6.07, 6.45) is 2.91. The number of nitrogens with zero attached hydrogens (tertiary/aromatic N) is 2. The van der Waals surface area contributed by atoms with E-state index in [-0.39, 0.29) is 0 Å². The molecule has 0 aliphatic heterocycles. The standard InChI is InChI=1S/C17H20N2/c1-2-3-13-19(14-7-12-18)17-11-6-9-15-8-4-5-10-16(15)17/h4-6,8-11H,2-3,7,13-14H2,1H3. The maximum Gasteiger partial charge on any atom is 0.0640 e. The van der Waals surface area contributed by atoms with Crippen molar-refractivity contribution in [3.05, 3.63) is 42.5 Å². The number of nitriles is 1. The number of fused-ring (bicyclic) bond motifs is 1. The highest BCUT2D eigenvalue weighted by Crippen LogP contribution is 2.27. The van der Waals surface area contributed by atoms with E-state index in [2.05, 4.69) is 60.4 Å². The largest absolute Gasteiger partial charge is 0.370 e. The third kappa shape index (κ3) is 3.26. The lowest BCUT2D eigenvalue weighted by atomic mass is 10.1. The van der Waals surface area contributed by atoms with Gasteiger partial charge in [-0.2, -0.15) is 5.26 Å². The first kappa shape index (κ1) is 13.4. The number of hydrogen-bond donors (Lipinski definition) is 0. The van der Waals surface area contributed by atoms with Crippen molar-refractivity contribution < 1.29 is 0 Å². The Morgan fingerprint density at radius 1 is 1.05 bits per heavy atom. The number of hydrogen-bond acceptors (Lipinski definition) is 2. The van der Waals surface area contributed by atoms with E-state index >= 15 is 0 Å². The summed E-state index contributed by atoms with van der Waals surface area (Å²) in [5.41, 5.74) is 1.25. The monoisotopic (exact) mass is 252 g/mol. The van der Waals surface area contributed by atoms with E-state index in [4.69, 9.17) is 5.26 Å². The highest BCUT2D eigenvalue weighted by Gasteiger charge is 2.08. The van der Waals surface area contributed by atoms with Crippen LogP contribution < -0.4 is 4.90 Å². The normalized spacial score (nSPS) is 10.3. The third-order valence-corrected chi connectivity index (χ3v) is 3.38. The van der Waals surface area contributed by atoms with Gasteiger partial charge in [0.1, 0.15) is 0 Å². The molecule has 2 heteroatoms.